The molecule has 3 heterocycles. The molecule has 0 fully saturated rings. The van der Waals surface area contributed by atoms with Crippen molar-refractivity contribution < 1.29 is 9.84 Å². The van der Waals surface area contributed by atoms with E-state index < -0.39 is 0 Å². The number of aliphatic hydroxyl groups excluding tert-OH is 1. The molecule has 7 heteroatoms. The van der Waals surface area contributed by atoms with Crippen LogP contribution in [-0.4, -0.2) is 37.1 Å². The number of fused-ring (bicyclic) bond motifs is 1. The maximum atomic E-state index is 9.34. The Kier molecular flexibility index (Phi) is 6.59. The number of nitrogens with one attached hydrogen (secondary N) is 1. The van der Waals surface area contributed by atoms with Crippen molar-refractivity contribution in [2.24, 2.45) is 0 Å². The predicted octanol–water partition coefficient (Wildman–Crippen LogP) is 3.36. The maximum Gasteiger partial charge on any atom is 0.180 e. The van der Waals surface area contributed by atoms with Crippen LogP contribution in [0, 0.1) is 6.92 Å². The molecule has 0 aliphatic carbocycles. The standard InChI is InChI=1S/C20H27N5O2/c1-3-4-7-16(9-11-26)24-20-18(12-21-15(2)22-20)27-14-17-13-25-10-6-5-8-19(25)23-17/h5-6,8,10,12-13,16,26H,3-4,7,9,11,14H2,1-2H3,(H,21,22,24)/t16-/m0/s1. The minimum atomic E-state index is 0.142. The molecule has 144 valence electrons. The fraction of sp³-hybridized carbons (Fsp3) is 0.450. The largest absolute Gasteiger partial charge is 0.482 e. The Morgan fingerprint density at radius 2 is 2.15 bits per heavy atom. The maximum absolute atomic E-state index is 9.34. The highest BCUT2D eigenvalue weighted by Crippen LogP contribution is 2.24. The number of aryl methyl sites for hydroxylation is 1. The topological polar surface area (TPSA) is 84.6 Å². The first kappa shape index (κ1) is 19.1. The van der Waals surface area contributed by atoms with Crippen LogP contribution in [0.15, 0.2) is 36.8 Å². The number of hydrogen-bond donors (Lipinski definition) is 2. The monoisotopic (exact) mass is 369 g/mol. The summed E-state index contributed by atoms with van der Waals surface area (Å²) < 4.78 is 7.93. The molecule has 0 aliphatic heterocycles. The van der Waals surface area contributed by atoms with Crippen LogP contribution in [0.1, 0.15) is 44.1 Å². The number of imidazole rings is 1. The summed E-state index contributed by atoms with van der Waals surface area (Å²) in [4.78, 5) is 13.3. The van der Waals surface area contributed by atoms with Gasteiger partial charge in [-0.05, 0) is 31.9 Å². The van der Waals surface area contributed by atoms with Gasteiger partial charge in [-0.3, -0.25) is 0 Å². The van der Waals surface area contributed by atoms with Crippen LogP contribution in [0.3, 0.4) is 0 Å². The van der Waals surface area contributed by atoms with Crippen molar-refractivity contribution in [2.45, 2.75) is 52.2 Å². The third-order valence-electron chi connectivity index (χ3n) is 4.39. The molecule has 0 unspecified atom stereocenters. The summed E-state index contributed by atoms with van der Waals surface area (Å²) in [5, 5.41) is 12.8. The summed E-state index contributed by atoms with van der Waals surface area (Å²) >= 11 is 0. The van der Waals surface area contributed by atoms with Crippen LogP contribution in [0.25, 0.3) is 5.65 Å². The summed E-state index contributed by atoms with van der Waals surface area (Å²) in [5.74, 6) is 1.94. The van der Waals surface area contributed by atoms with Gasteiger partial charge in [0.25, 0.3) is 0 Å². The average Bonchev–Trinajstić information content (AvgIpc) is 3.08. The summed E-state index contributed by atoms with van der Waals surface area (Å²) in [6.45, 7) is 4.49. The van der Waals surface area contributed by atoms with Gasteiger partial charge in [0.15, 0.2) is 11.6 Å². The fourth-order valence-electron chi connectivity index (χ4n) is 2.96. The van der Waals surface area contributed by atoms with Gasteiger partial charge < -0.3 is 19.6 Å². The number of nitrogens with zero attached hydrogens (tertiary/aromatic N) is 4. The minimum Gasteiger partial charge on any atom is -0.482 e. The summed E-state index contributed by atoms with van der Waals surface area (Å²) in [6.07, 6.45) is 9.47. The molecule has 3 rings (SSSR count). The van der Waals surface area contributed by atoms with Crippen molar-refractivity contribution >= 4 is 11.5 Å². The SMILES string of the molecule is CCCC[C@@H](CCO)Nc1nc(C)ncc1OCc1cn2ccccc2n1. The molecule has 0 amide bonds. The highest BCUT2D eigenvalue weighted by atomic mass is 16.5. The smallest absolute Gasteiger partial charge is 0.180 e. The molecule has 0 saturated heterocycles. The Hall–Kier alpha value is -2.67. The third kappa shape index (κ3) is 5.17. The Morgan fingerprint density at radius 1 is 1.26 bits per heavy atom. The van der Waals surface area contributed by atoms with E-state index in [1.165, 1.54) is 0 Å². The van der Waals surface area contributed by atoms with Crippen LogP contribution < -0.4 is 10.1 Å². The zero-order valence-electron chi connectivity index (χ0n) is 15.9. The van der Waals surface area contributed by atoms with Gasteiger partial charge in [-0.1, -0.05) is 25.8 Å². The number of rotatable bonds is 10. The van der Waals surface area contributed by atoms with E-state index in [1.54, 1.807) is 6.20 Å². The van der Waals surface area contributed by atoms with Gasteiger partial charge in [0.2, 0.25) is 0 Å². The van der Waals surface area contributed by atoms with Gasteiger partial charge in [-0.15, -0.1) is 0 Å². The van der Waals surface area contributed by atoms with E-state index in [2.05, 4.69) is 27.2 Å². The predicted molar refractivity (Wildman–Crippen MR) is 105 cm³/mol. The van der Waals surface area contributed by atoms with E-state index in [1.807, 2.05) is 41.9 Å². The number of hydrogen-bond acceptors (Lipinski definition) is 6. The molecular formula is C20H27N5O2. The number of anilines is 1. The van der Waals surface area contributed by atoms with Crippen LogP contribution in [0.4, 0.5) is 5.82 Å². The lowest BCUT2D eigenvalue weighted by Crippen LogP contribution is -2.22. The second kappa shape index (κ2) is 9.32. The quantitative estimate of drug-likeness (QED) is 0.570. The van der Waals surface area contributed by atoms with Crippen molar-refractivity contribution in [2.75, 3.05) is 11.9 Å². The van der Waals surface area contributed by atoms with Crippen molar-refractivity contribution in [1.29, 1.82) is 0 Å². The first-order valence-corrected chi connectivity index (χ1v) is 9.46. The lowest BCUT2D eigenvalue weighted by atomic mass is 10.1. The van der Waals surface area contributed by atoms with E-state index in [0.29, 0.717) is 30.4 Å². The number of aromatic nitrogens is 4. The minimum absolute atomic E-state index is 0.142. The molecule has 0 spiro atoms. The Bertz CT molecular complexity index is 831. The normalized spacial score (nSPS) is 12.3. The Labute approximate surface area is 159 Å². The molecule has 0 bridgehead atoms. The molecule has 0 radical (unpaired) electrons. The average molecular weight is 369 g/mol. The van der Waals surface area contributed by atoms with Crippen molar-refractivity contribution in [1.82, 2.24) is 19.4 Å². The molecule has 7 nitrogen and oxygen atoms in total. The summed E-state index contributed by atoms with van der Waals surface area (Å²) in [7, 11) is 0. The van der Waals surface area contributed by atoms with Crippen molar-refractivity contribution in [3.63, 3.8) is 0 Å². The van der Waals surface area contributed by atoms with E-state index in [9.17, 15) is 5.11 Å². The second-order valence-electron chi connectivity index (χ2n) is 6.61. The van der Waals surface area contributed by atoms with Crippen LogP contribution >= 0.6 is 0 Å². The first-order valence-electron chi connectivity index (χ1n) is 9.46. The van der Waals surface area contributed by atoms with E-state index in [-0.39, 0.29) is 12.6 Å². The summed E-state index contributed by atoms with van der Waals surface area (Å²) in [5.41, 5.74) is 1.72. The summed E-state index contributed by atoms with van der Waals surface area (Å²) in [6, 6.07) is 6.04. The first-order chi connectivity index (χ1) is 13.2. The zero-order chi connectivity index (χ0) is 19.1. The highest BCUT2D eigenvalue weighted by molar-refractivity contribution is 5.49. The molecule has 0 aliphatic rings. The fourth-order valence-corrected chi connectivity index (χ4v) is 2.96. The zero-order valence-corrected chi connectivity index (χ0v) is 15.9. The van der Waals surface area contributed by atoms with Gasteiger partial charge in [-0.2, -0.15) is 0 Å². The number of aliphatic hydroxyl groups is 1. The molecule has 0 aromatic carbocycles. The molecule has 2 N–H and O–H groups in total. The van der Waals surface area contributed by atoms with Crippen LogP contribution in [-0.2, 0) is 6.61 Å². The number of ether oxygens (including phenoxy) is 1. The Balaban J connectivity index is 1.72. The van der Waals surface area contributed by atoms with Crippen molar-refractivity contribution in [3.05, 3.63) is 48.3 Å². The van der Waals surface area contributed by atoms with Crippen LogP contribution in [0.2, 0.25) is 0 Å². The Morgan fingerprint density at radius 3 is 2.93 bits per heavy atom. The molecule has 27 heavy (non-hydrogen) atoms. The number of unbranched alkanes of at least 4 members (excludes halogenated alkanes) is 1. The molecule has 0 saturated carbocycles. The third-order valence-corrected chi connectivity index (χ3v) is 4.39. The van der Waals surface area contributed by atoms with Gasteiger partial charge in [0, 0.05) is 25.0 Å². The lowest BCUT2D eigenvalue weighted by Gasteiger charge is -2.20. The van der Waals surface area contributed by atoms with Gasteiger partial charge in [-0.25, -0.2) is 15.0 Å². The number of pyridine rings is 1. The second-order valence-corrected chi connectivity index (χ2v) is 6.61. The van der Waals surface area contributed by atoms with E-state index in [4.69, 9.17) is 4.74 Å². The van der Waals surface area contributed by atoms with E-state index in [0.717, 1.165) is 30.6 Å². The highest BCUT2D eigenvalue weighted by Gasteiger charge is 2.14. The lowest BCUT2D eigenvalue weighted by molar-refractivity contribution is 0.275. The van der Waals surface area contributed by atoms with Crippen molar-refractivity contribution in [3.8, 4) is 5.75 Å². The van der Waals surface area contributed by atoms with Gasteiger partial charge in [0.1, 0.15) is 18.1 Å². The van der Waals surface area contributed by atoms with Gasteiger partial charge in [0.05, 0.1) is 11.9 Å². The molecular weight excluding hydrogens is 342 g/mol. The molecule has 3 aromatic heterocycles. The van der Waals surface area contributed by atoms with E-state index >= 15 is 0 Å². The molecule has 3 aromatic rings. The molecule has 1 atom stereocenters. The van der Waals surface area contributed by atoms with Crippen LogP contribution in [0.5, 0.6) is 5.75 Å². The van der Waals surface area contributed by atoms with Gasteiger partial charge >= 0.3 is 0 Å².